The van der Waals surface area contributed by atoms with E-state index in [0.29, 0.717) is 30.2 Å². The molecule has 2 atom stereocenters. The van der Waals surface area contributed by atoms with Gasteiger partial charge in [-0.3, -0.25) is 4.79 Å². The van der Waals surface area contributed by atoms with E-state index in [1.807, 2.05) is 0 Å². The first kappa shape index (κ1) is 16.5. The number of rotatable bonds is 4. The summed E-state index contributed by atoms with van der Waals surface area (Å²) >= 11 is 0. The van der Waals surface area contributed by atoms with Crippen molar-refractivity contribution in [2.24, 2.45) is 17.1 Å². The van der Waals surface area contributed by atoms with Gasteiger partial charge in [0.2, 0.25) is 5.91 Å². The Labute approximate surface area is 118 Å². The minimum Gasteiger partial charge on any atom is -0.338 e. The molecule has 0 radical (unpaired) electrons. The molecule has 3 heteroatoms. The fraction of sp³-hybridized carbons (Fsp3) is 0.938. The number of nitrogens with two attached hydrogens (primary N) is 1. The van der Waals surface area contributed by atoms with E-state index in [2.05, 4.69) is 32.6 Å². The normalized spacial score (nSPS) is 23.0. The summed E-state index contributed by atoms with van der Waals surface area (Å²) in [5, 5.41) is 0. The van der Waals surface area contributed by atoms with Crippen LogP contribution in [0.5, 0.6) is 0 Å². The molecule has 1 heterocycles. The van der Waals surface area contributed by atoms with E-state index in [-0.39, 0.29) is 6.04 Å². The van der Waals surface area contributed by atoms with E-state index in [0.717, 1.165) is 25.8 Å². The van der Waals surface area contributed by atoms with Crippen molar-refractivity contribution in [1.82, 2.24) is 4.90 Å². The Balaban J connectivity index is 2.54. The standard InChI is InChI=1S/C16H32N2O/c1-13(11-16(2,3)4)10-15(19)18-9-7-5-6-8-14(18)12-17/h13-14H,5-12,17H2,1-4H3. The molecule has 19 heavy (non-hydrogen) atoms. The predicted molar refractivity (Wildman–Crippen MR) is 80.9 cm³/mol. The molecule has 0 bridgehead atoms. The fourth-order valence-electron chi connectivity index (χ4n) is 3.28. The molecule has 1 saturated heterocycles. The third kappa shape index (κ3) is 5.94. The van der Waals surface area contributed by atoms with E-state index in [1.54, 1.807) is 0 Å². The van der Waals surface area contributed by atoms with Gasteiger partial charge in [0.05, 0.1) is 0 Å². The molecule has 0 saturated carbocycles. The van der Waals surface area contributed by atoms with Crippen molar-refractivity contribution >= 4 is 5.91 Å². The van der Waals surface area contributed by atoms with Crippen LogP contribution >= 0.6 is 0 Å². The van der Waals surface area contributed by atoms with Gasteiger partial charge in [-0.25, -0.2) is 0 Å². The molecular formula is C16H32N2O. The molecule has 3 nitrogen and oxygen atoms in total. The van der Waals surface area contributed by atoms with Crippen LogP contribution in [0.25, 0.3) is 0 Å². The van der Waals surface area contributed by atoms with Crippen LogP contribution < -0.4 is 5.73 Å². The zero-order valence-electron chi connectivity index (χ0n) is 13.2. The minimum absolute atomic E-state index is 0.275. The first-order valence-corrected chi connectivity index (χ1v) is 7.83. The molecule has 2 unspecified atom stereocenters. The van der Waals surface area contributed by atoms with Crippen LogP contribution in [0.3, 0.4) is 0 Å². The van der Waals surface area contributed by atoms with E-state index in [1.165, 1.54) is 12.8 Å². The quantitative estimate of drug-likeness (QED) is 0.851. The lowest BCUT2D eigenvalue weighted by Crippen LogP contribution is -2.44. The summed E-state index contributed by atoms with van der Waals surface area (Å²) in [5.41, 5.74) is 6.14. The van der Waals surface area contributed by atoms with Crippen molar-refractivity contribution in [3.8, 4) is 0 Å². The van der Waals surface area contributed by atoms with Crippen LogP contribution in [0.1, 0.15) is 66.2 Å². The van der Waals surface area contributed by atoms with E-state index in [9.17, 15) is 4.79 Å². The molecule has 1 amide bonds. The van der Waals surface area contributed by atoms with E-state index < -0.39 is 0 Å². The van der Waals surface area contributed by atoms with Crippen molar-refractivity contribution in [3.05, 3.63) is 0 Å². The molecule has 1 rings (SSSR count). The van der Waals surface area contributed by atoms with Gasteiger partial charge in [-0.2, -0.15) is 0 Å². The molecular weight excluding hydrogens is 236 g/mol. The number of hydrogen-bond acceptors (Lipinski definition) is 2. The smallest absolute Gasteiger partial charge is 0.223 e. The summed E-state index contributed by atoms with van der Waals surface area (Å²) in [6.07, 6.45) is 6.43. The highest BCUT2D eigenvalue weighted by Gasteiger charge is 2.26. The summed E-state index contributed by atoms with van der Waals surface area (Å²) < 4.78 is 0. The Hall–Kier alpha value is -0.570. The van der Waals surface area contributed by atoms with Gasteiger partial charge in [0.1, 0.15) is 0 Å². The Morgan fingerprint density at radius 3 is 2.58 bits per heavy atom. The van der Waals surface area contributed by atoms with Gasteiger partial charge >= 0.3 is 0 Å². The Bertz CT molecular complexity index is 283. The summed E-state index contributed by atoms with van der Waals surface area (Å²) in [5.74, 6) is 0.767. The van der Waals surface area contributed by atoms with Crippen LogP contribution in [0.4, 0.5) is 0 Å². The molecule has 112 valence electrons. The zero-order chi connectivity index (χ0) is 14.5. The lowest BCUT2D eigenvalue weighted by molar-refractivity contribution is -0.134. The van der Waals surface area contributed by atoms with Gasteiger partial charge in [-0.05, 0) is 30.6 Å². The van der Waals surface area contributed by atoms with Gasteiger partial charge < -0.3 is 10.6 Å². The second kappa shape index (κ2) is 7.28. The summed E-state index contributed by atoms with van der Waals surface area (Å²) in [4.78, 5) is 14.5. The molecule has 0 spiro atoms. The maximum Gasteiger partial charge on any atom is 0.223 e. The maximum atomic E-state index is 12.5. The topological polar surface area (TPSA) is 46.3 Å². The van der Waals surface area contributed by atoms with Crippen molar-refractivity contribution < 1.29 is 4.79 Å². The molecule has 1 aliphatic heterocycles. The predicted octanol–water partition coefficient (Wildman–Crippen LogP) is 3.18. The SMILES string of the molecule is CC(CC(=O)N1CCCCCC1CN)CC(C)(C)C. The molecule has 1 aliphatic rings. The third-order valence-corrected chi connectivity index (χ3v) is 3.95. The average molecular weight is 268 g/mol. The first-order valence-electron chi connectivity index (χ1n) is 7.83. The van der Waals surface area contributed by atoms with Crippen LogP contribution in [0.2, 0.25) is 0 Å². The van der Waals surface area contributed by atoms with Gasteiger partial charge in [-0.1, -0.05) is 40.5 Å². The molecule has 0 aromatic rings. The molecule has 0 aliphatic carbocycles. The zero-order valence-corrected chi connectivity index (χ0v) is 13.2. The molecule has 2 N–H and O–H groups in total. The number of likely N-dealkylation sites (tertiary alicyclic amines) is 1. The van der Waals surface area contributed by atoms with Gasteiger partial charge in [0.15, 0.2) is 0 Å². The summed E-state index contributed by atoms with van der Waals surface area (Å²) in [6.45, 7) is 10.4. The number of carbonyl (C=O) groups excluding carboxylic acids is 1. The Kier molecular flexibility index (Phi) is 6.31. The highest BCUT2D eigenvalue weighted by molar-refractivity contribution is 5.76. The summed E-state index contributed by atoms with van der Waals surface area (Å²) in [6, 6.07) is 0.275. The Morgan fingerprint density at radius 2 is 2.00 bits per heavy atom. The van der Waals surface area contributed by atoms with Gasteiger partial charge in [-0.15, -0.1) is 0 Å². The van der Waals surface area contributed by atoms with Crippen molar-refractivity contribution in [2.45, 2.75) is 72.3 Å². The molecule has 0 aromatic heterocycles. The number of nitrogens with zero attached hydrogens (tertiary/aromatic N) is 1. The highest BCUT2D eigenvalue weighted by atomic mass is 16.2. The Morgan fingerprint density at radius 1 is 1.32 bits per heavy atom. The number of amides is 1. The monoisotopic (exact) mass is 268 g/mol. The van der Waals surface area contributed by atoms with E-state index >= 15 is 0 Å². The molecule has 1 fully saturated rings. The van der Waals surface area contributed by atoms with Crippen LogP contribution in [0, 0.1) is 11.3 Å². The second-order valence-electron chi connectivity index (χ2n) is 7.40. The fourth-order valence-corrected chi connectivity index (χ4v) is 3.28. The maximum absolute atomic E-state index is 12.5. The number of carbonyl (C=O) groups is 1. The van der Waals surface area contributed by atoms with Crippen LogP contribution in [-0.2, 0) is 4.79 Å². The van der Waals surface area contributed by atoms with Crippen molar-refractivity contribution in [2.75, 3.05) is 13.1 Å². The minimum atomic E-state index is 0.275. The number of hydrogen-bond donors (Lipinski definition) is 1. The third-order valence-electron chi connectivity index (χ3n) is 3.95. The second-order valence-corrected chi connectivity index (χ2v) is 7.40. The van der Waals surface area contributed by atoms with Crippen molar-refractivity contribution in [1.29, 1.82) is 0 Å². The van der Waals surface area contributed by atoms with Gasteiger partial charge in [0.25, 0.3) is 0 Å². The summed E-state index contributed by atoms with van der Waals surface area (Å²) in [7, 11) is 0. The van der Waals surface area contributed by atoms with Gasteiger partial charge in [0, 0.05) is 25.6 Å². The lowest BCUT2D eigenvalue weighted by Gasteiger charge is -2.31. The molecule has 0 aromatic carbocycles. The first-order chi connectivity index (χ1) is 8.83. The largest absolute Gasteiger partial charge is 0.338 e. The highest BCUT2D eigenvalue weighted by Crippen LogP contribution is 2.27. The average Bonchev–Trinajstić information content (AvgIpc) is 2.50. The lowest BCUT2D eigenvalue weighted by atomic mass is 9.84. The van der Waals surface area contributed by atoms with Crippen LogP contribution in [0.15, 0.2) is 0 Å². The van der Waals surface area contributed by atoms with Crippen LogP contribution in [-0.4, -0.2) is 29.9 Å². The van der Waals surface area contributed by atoms with E-state index in [4.69, 9.17) is 5.73 Å². The van der Waals surface area contributed by atoms with Crippen molar-refractivity contribution in [3.63, 3.8) is 0 Å².